The van der Waals surface area contributed by atoms with Crippen molar-refractivity contribution in [2.24, 2.45) is 5.92 Å². The predicted molar refractivity (Wildman–Crippen MR) is 157 cm³/mol. The van der Waals surface area contributed by atoms with Gasteiger partial charge in [-0.05, 0) is 67.0 Å². The van der Waals surface area contributed by atoms with Crippen molar-refractivity contribution in [1.29, 1.82) is 0 Å². The molecule has 0 bridgehead atoms. The van der Waals surface area contributed by atoms with Gasteiger partial charge in [-0.2, -0.15) is 0 Å². The average molecular weight is 577 g/mol. The number of hydrogen-bond donors (Lipinski definition) is 1. The predicted octanol–water partition coefficient (Wildman–Crippen LogP) is 4.83. The van der Waals surface area contributed by atoms with Crippen LogP contribution in [0.4, 0.5) is 4.39 Å². The first kappa shape index (κ1) is 27.2. The van der Waals surface area contributed by atoms with Gasteiger partial charge in [0.25, 0.3) is 5.88 Å². The molecule has 10 heteroatoms. The number of phenolic OH excluding ortho intramolecular Hbond substituents is 1. The van der Waals surface area contributed by atoms with Crippen molar-refractivity contribution in [2.75, 3.05) is 33.3 Å². The molecule has 41 heavy (non-hydrogen) atoms. The molecule has 0 aliphatic carbocycles. The van der Waals surface area contributed by atoms with E-state index in [9.17, 15) is 14.7 Å². The van der Waals surface area contributed by atoms with Gasteiger partial charge in [-0.25, -0.2) is 9.37 Å². The first-order valence-electron chi connectivity index (χ1n) is 13.6. The van der Waals surface area contributed by atoms with E-state index >= 15 is 4.39 Å². The summed E-state index contributed by atoms with van der Waals surface area (Å²) in [6.45, 7) is 5.87. The molecule has 212 valence electrons. The number of rotatable bonds is 7. The molecule has 0 radical (unpaired) electrons. The van der Waals surface area contributed by atoms with Crippen LogP contribution < -0.4 is 10.3 Å². The minimum atomic E-state index is -0.711. The van der Waals surface area contributed by atoms with Gasteiger partial charge in [0.2, 0.25) is 5.91 Å². The molecule has 6 rings (SSSR count). The SMILES string of the molecule is C=CC(=O)N1CC(Cn2c(=O)c(OC[C@@H]3CCCN3C)nc3c(F)c(-c4cc(O)cc5ccccc45)c(Cl)cc32)C1. The number of ether oxygens (including phenoxy) is 1. The van der Waals surface area contributed by atoms with Crippen molar-refractivity contribution < 1.29 is 19.0 Å². The van der Waals surface area contributed by atoms with E-state index in [4.69, 9.17) is 16.3 Å². The van der Waals surface area contributed by atoms with Crippen molar-refractivity contribution in [2.45, 2.75) is 25.4 Å². The van der Waals surface area contributed by atoms with Crippen LogP contribution in [0.25, 0.3) is 32.9 Å². The van der Waals surface area contributed by atoms with Gasteiger partial charge in [0, 0.05) is 37.2 Å². The summed E-state index contributed by atoms with van der Waals surface area (Å²) in [5.41, 5.74) is 0.209. The fourth-order valence-corrected chi connectivity index (χ4v) is 6.21. The maximum Gasteiger partial charge on any atom is 0.313 e. The first-order chi connectivity index (χ1) is 19.7. The zero-order valence-corrected chi connectivity index (χ0v) is 23.4. The standard InChI is InChI=1S/C31H30ClFN4O4/c1-3-26(39)36-14-18(15-36)16-37-25-13-24(32)27(23-12-21(38)11-19-7-4-5-9-22(19)23)28(33)29(25)34-30(31(37)40)41-17-20-8-6-10-35(20)2/h3-5,7,9,11-13,18,20,38H,1,6,8,10,14-17H2,2H3/t20-/m0/s1. The fraction of sp³-hybridized carbons (Fsp3) is 0.323. The second-order valence-electron chi connectivity index (χ2n) is 10.9. The first-order valence-corrected chi connectivity index (χ1v) is 14.0. The summed E-state index contributed by atoms with van der Waals surface area (Å²) in [6.07, 6.45) is 3.24. The highest BCUT2D eigenvalue weighted by atomic mass is 35.5. The molecule has 2 fully saturated rings. The molecule has 0 spiro atoms. The Morgan fingerprint density at radius 1 is 1.27 bits per heavy atom. The highest BCUT2D eigenvalue weighted by molar-refractivity contribution is 6.34. The van der Waals surface area contributed by atoms with Crippen molar-refractivity contribution in [3.05, 3.63) is 76.3 Å². The minimum Gasteiger partial charge on any atom is -0.508 e. The number of amides is 1. The molecule has 0 unspecified atom stereocenters. The van der Waals surface area contributed by atoms with E-state index in [0.29, 0.717) is 24.0 Å². The third-order valence-corrected chi connectivity index (χ3v) is 8.49. The Bertz CT molecular complexity index is 1750. The van der Waals surface area contributed by atoms with Gasteiger partial charge < -0.3 is 24.2 Å². The van der Waals surface area contributed by atoms with E-state index in [1.807, 2.05) is 31.3 Å². The largest absolute Gasteiger partial charge is 0.508 e. The lowest BCUT2D eigenvalue weighted by Gasteiger charge is -2.39. The summed E-state index contributed by atoms with van der Waals surface area (Å²) < 4.78 is 24.0. The lowest BCUT2D eigenvalue weighted by Crippen LogP contribution is -2.51. The lowest BCUT2D eigenvalue weighted by molar-refractivity contribution is -0.132. The number of aromatic hydroxyl groups is 1. The van der Waals surface area contributed by atoms with Crippen LogP contribution in [-0.2, 0) is 11.3 Å². The Morgan fingerprint density at radius 3 is 2.78 bits per heavy atom. The fourth-order valence-electron chi connectivity index (χ4n) is 5.92. The highest BCUT2D eigenvalue weighted by Crippen LogP contribution is 2.40. The second-order valence-corrected chi connectivity index (χ2v) is 11.3. The normalized spacial score (nSPS) is 17.7. The summed E-state index contributed by atoms with van der Waals surface area (Å²) in [5.74, 6) is -1.11. The number of phenols is 1. The smallest absolute Gasteiger partial charge is 0.313 e. The Kier molecular flexibility index (Phi) is 7.17. The molecule has 0 saturated carbocycles. The van der Waals surface area contributed by atoms with Gasteiger partial charge in [0.05, 0.1) is 10.5 Å². The van der Waals surface area contributed by atoms with Gasteiger partial charge in [0.1, 0.15) is 17.9 Å². The van der Waals surface area contributed by atoms with E-state index in [-0.39, 0.29) is 64.3 Å². The summed E-state index contributed by atoms with van der Waals surface area (Å²) in [6, 6.07) is 12.1. The molecule has 2 aliphatic rings. The maximum atomic E-state index is 16.5. The van der Waals surface area contributed by atoms with Gasteiger partial charge in [-0.15, -0.1) is 0 Å². The summed E-state index contributed by atoms with van der Waals surface area (Å²) in [7, 11) is 2.01. The maximum absolute atomic E-state index is 16.5. The third kappa shape index (κ3) is 4.93. The Labute approximate surface area is 241 Å². The number of nitrogens with zero attached hydrogens (tertiary/aromatic N) is 4. The number of hydrogen-bond acceptors (Lipinski definition) is 6. The van der Waals surface area contributed by atoms with Gasteiger partial charge in [0.15, 0.2) is 5.82 Å². The Morgan fingerprint density at radius 2 is 2.05 bits per heavy atom. The number of benzene rings is 3. The zero-order valence-electron chi connectivity index (χ0n) is 22.6. The number of carbonyl (C=O) groups is 1. The second kappa shape index (κ2) is 10.8. The van der Waals surface area contributed by atoms with Crippen LogP contribution in [0.5, 0.6) is 11.6 Å². The highest BCUT2D eigenvalue weighted by Gasteiger charge is 2.32. The molecular weight excluding hydrogens is 547 g/mol. The van der Waals surface area contributed by atoms with Crippen LogP contribution in [0.2, 0.25) is 5.02 Å². The van der Waals surface area contributed by atoms with Gasteiger partial charge in [-0.1, -0.05) is 42.4 Å². The molecule has 1 N–H and O–H groups in total. The average Bonchev–Trinajstić information content (AvgIpc) is 3.34. The Hall–Kier alpha value is -3.95. The van der Waals surface area contributed by atoms with Crippen molar-refractivity contribution in [3.63, 3.8) is 0 Å². The van der Waals surface area contributed by atoms with E-state index < -0.39 is 11.4 Å². The van der Waals surface area contributed by atoms with Crippen LogP contribution in [0, 0.1) is 11.7 Å². The van der Waals surface area contributed by atoms with Gasteiger partial charge in [-0.3, -0.25) is 9.59 Å². The third-order valence-electron chi connectivity index (χ3n) is 8.19. The monoisotopic (exact) mass is 576 g/mol. The molecule has 3 aromatic carbocycles. The van der Waals surface area contributed by atoms with Crippen LogP contribution in [0.15, 0.2) is 59.9 Å². The molecule has 3 heterocycles. The Balaban J connectivity index is 1.48. The van der Waals surface area contributed by atoms with E-state index in [1.54, 1.807) is 17.0 Å². The molecular formula is C31H30ClFN4O4. The van der Waals surface area contributed by atoms with Crippen LogP contribution in [0.1, 0.15) is 12.8 Å². The number of carbonyl (C=O) groups excluding carboxylic acids is 1. The van der Waals surface area contributed by atoms with Crippen LogP contribution >= 0.6 is 11.6 Å². The molecule has 4 aromatic rings. The van der Waals surface area contributed by atoms with Crippen LogP contribution in [-0.4, -0.2) is 69.7 Å². The number of likely N-dealkylation sites (N-methyl/N-ethyl adjacent to an activating group) is 1. The van der Waals surface area contributed by atoms with Crippen LogP contribution in [0.3, 0.4) is 0 Å². The van der Waals surface area contributed by atoms with E-state index in [1.165, 1.54) is 16.7 Å². The number of likely N-dealkylation sites (tertiary alicyclic amines) is 2. The summed E-state index contributed by atoms with van der Waals surface area (Å²) in [4.78, 5) is 33.9. The van der Waals surface area contributed by atoms with Crippen molar-refractivity contribution in [3.8, 4) is 22.8 Å². The molecule has 2 aliphatic heterocycles. The summed E-state index contributed by atoms with van der Waals surface area (Å²) >= 11 is 6.73. The van der Waals surface area contributed by atoms with E-state index in [0.717, 1.165) is 24.8 Å². The van der Waals surface area contributed by atoms with Gasteiger partial charge >= 0.3 is 5.56 Å². The minimum absolute atomic E-state index is 0.0208. The molecule has 1 amide bonds. The zero-order chi connectivity index (χ0) is 28.8. The quantitative estimate of drug-likeness (QED) is 0.317. The lowest BCUT2D eigenvalue weighted by atomic mass is 9.96. The molecule has 2 saturated heterocycles. The number of fused-ring (bicyclic) bond motifs is 2. The van der Waals surface area contributed by atoms with E-state index in [2.05, 4.69) is 16.5 Å². The van der Waals surface area contributed by atoms with Crippen molar-refractivity contribution >= 4 is 39.3 Å². The topological polar surface area (TPSA) is 87.9 Å². The molecule has 1 atom stereocenters. The number of aromatic nitrogens is 2. The van der Waals surface area contributed by atoms with Crippen molar-refractivity contribution in [1.82, 2.24) is 19.4 Å². The molecule has 8 nitrogen and oxygen atoms in total. The summed E-state index contributed by atoms with van der Waals surface area (Å²) in [5, 5.41) is 11.9. The number of halogens is 2. The molecule has 1 aromatic heterocycles.